The molecule has 11 nitrogen and oxygen atoms in total. The number of imidazole rings is 1. The summed E-state index contributed by atoms with van der Waals surface area (Å²) in [4.78, 5) is 28.3. The van der Waals surface area contributed by atoms with Gasteiger partial charge in [0.25, 0.3) is 12.4 Å². The first-order valence-electron chi connectivity index (χ1n) is 14.3. The Morgan fingerprint density at radius 2 is 1.79 bits per heavy atom. The van der Waals surface area contributed by atoms with Crippen LogP contribution in [0.1, 0.15) is 44.5 Å². The summed E-state index contributed by atoms with van der Waals surface area (Å²) in [7, 11) is 0. The third-order valence-corrected chi connectivity index (χ3v) is 8.45. The monoisotopic (exact) mass is 592 g/mol. The number of furan rings is 1. The molecule has 2 atom stereocenters. The zero-order valence-corrected chi connectivity index (χ0v) is 23.3. The second-order valence-electron chi connectivity index (χ2n) is 11.1. The molecule has 2 N–H and O–H groups in total. The Morgan fingerprint density at radius 1 is 1.05 bits per heavy atom. The van der Waals surface area contributed by atoms with Gasteiger partial charge in [-0.15, -0.1) is 0 Å². The molecule has 7 rings (SSSR count). The van der Waals surface area contributed by atoms with E-state index in [1.165, 1.54) is 0 Å². The van der Waals surface area contributed by atoms with E-state index in [-0.39, 0.29) is 41.8 Å². The van der Waals surface area contributed by atoms with E-state index in [0.29, 0.717) is 30.1 Å². The highest BCUT2D eigenvalue weighted by atomic mass is 19.3. The Bertz CT molecular complexity index is 1820. The second-order valence-corrected chi connectivity index (χ2v) is 11.1. The number of nitrogens with zero attached hydrogens (tertiary/aromatic N) is 6. The van der Waals surface area contributed by atoms with Crippen LogP contribution in [0.5, 0.6) is 6.01 Å². The molecule has 5 heterocycles. The molecular weight excluding hydrogens is 562 g/mol. The van der Waals surface area contributed by atoms with Crippen LogP contribution < -0.4 is 9.64 Å². The number of hydrogen-bond acceptors (Lipinski definition) is 9. The number of fused-ring (bicyclic) bond motifs is 4. The first kappa shape index (κ1) is 27.5. The van der Waals surface area contributed by atoms with E-state index in [1.54, 1.807) is 36.1 Å². The number of aromatic nitrogens is 4. The van der Waals surface area contributed by atoms with Crippen molar-refractivity contribution >= 4 is 44.8 Å². The highest BCUT2D eigenvalue weighted by Gasteiger charge is 2.41. The second kappa shape index (κ2) is 10.7. The number of alkyl halides is 2. The smallest absolute Gasteiger partial charge is 0.297 e. The number of carbonyl (C=O) groups excluding carboxylic acids is 1. The lowest BCUT2D eigenvalue weighted by Crippen LogP contribution is -2.39. The fourth-order valence-corrected chi connectivity index (χ4v) is 6.37. The van der Waals surface area contributed by atoms with Crippen molar-refractivity contribution < 1.29 is 32.9 Å². The van der Waals surface area contributed by atoms with Gasteiger partial charge in [-0.1, -0.05) is 24.3 Å². The summed E-state index contributed by atoms with van der Waals surface area (Å²) in [5.41, 5.74) is 2.51. The van der Waals surface area contributed by atoms with E-state index >= 15 is 0 Å². The number of aliphatic hydroxyl groups is 2. The molecule has 43 heavy (non-hydrogen) atoms. The number of para-hydroxylation sites is 3. The van der Waals surface area contributed by atoms with Crippen molar-refractivity contribution in [3.05, 3.63) is 54.4 Å². The molecule has 0 radical (unpaired) electrons. The maximum absolute atomic E-state index is 13.9. The van der Waals surface area contributed by atoms with Crippen LogP contribution in [0.2, 0.25) is 0 Å². The van der Waals surface area contributed by atoms with Crippen molar-refractivity contribution in [1.29, 1.82) is 0 Å². The number of likely N-dealkylation sites (tertiary alicyclic amines) is 1. The Balaban J connectivity index is 1.25. The summed E-state index contributed by atoms with van der Waals surface area (Å²) in [5.74, 6) is -0.586. The molecule has 2 fully saturated rings. The number of carbonyl (C=O) groups is 1. The summed E-state index contributed by atoms with van der Waals surface area (Å²) >= 11 is 0. The van der Waals surface area contributed by atoms with Gasteiger partial charge in [-0.2, -0.15) is 4.98 Å². The topological polar surface area (TPSA) is 130 Å². The molecule has 2 aliphatic rings. The number of rotatable bonds is 6. The molecule has 2 aliphatic heterocycles. The van der Waals surface area contributed by atoms with Crippen LogP contribution >= 0.6 is 0 Å². The number of anilines is 1. The number of piperidine rings is 1. The molecule has 0 aliphatic carbocycles. The number of halogens is 2. The summed E-state index contributed by atoms with van der Waals surface area (Å²) in [6.07, 6.45) is -3.71. The van der Waals surface area contributed by atoms with Crippen LogP contribution in [0, 0.1) is 0 Å². The van der Waals surface area contributed by atoms with E-state index in [4.69, 9.17) is 14.1 Å². The van der Waals surface area contributed by atoms with Crippen LogP contribution in [0.15, 0.2) is 52.9 Å². The number of benzene rings is 2. The predicted octanol–water partition coefficient (Wildman–Crippen LogP) is 4.18. The minimum Gasteiger partial charge on any atom is -0.459 e. The summed E-state index contributed by atoms with van der Waals surface area (Å²) < 4.78 is 42.5. The van der Waals surface area contributed by atoms with Gasteiger partial charge in [-0.05, 0) is 37.1 Å². The van der Waals surface area contributed by atoms with Crippen molar-refractivity contribution in [3.63, 3.8) is 0 Å². The van der Waals surface area contributed by atoms with Crippen molar-refractivity contribution in [2.24, 2.45) is 0 Å². The lowest BCUT2D eigenvalue weighted by atomic mass is 10.0. The molecule has 0 bridgehead atoms. The van der Waals surface area contributed by atoms with E-state index in [1.807, 2.05) is 29.2 Å². The van der Waals surface area contributed by atoms with E-state index in [0.717, 1.165) is 23.9 Å². The highest BCUT2D eigenvalue weighted by molar-refractivity contribution is 6.05. The van der Waals surface area contributed by atoms with Gasteiger partial charge in [0.05, 0.1) is 23.6 Å². The normalized spacial score (nSPS) is 20.0. The van der Waals surface area contributed by atoms with Crippen molar-refractivity contribution in [3.8, 4) is 6.01 Å². The first-order chi connectivity index (χ1) is 20.8. The molecule has 2 aromatic carbocycles. The minimum absolute atomic E-state index is 0.0420. The Morgan fingerprint density at radius 3 is 2.53 bits per heavy atom. The molecule has 3 aromatic heterocycles. The Hall–Kier alpha value is -4.36. The van der Waals surface area contributed by atoms with Gasteiger partial charge in [0.15, 0.2) is 23.5 Å². The highest BCUT2D eigenvalue weighted by Crippen LogP contribution is 2.39. The summed E-state index contributed by atoms with van der Waals surface area (Å²) in [6, 6.07) is 14.2. The quantitative estimate of drug-likeness (QED) is 0.279. The van der Waals surface area contributed by atoms with Crippen molar-refractivity contribution in [2.45, 2.75) is 57.1 Å². The fraction of sp³-hybridized carbons (Fsp3) is 0.400. The van der Waals surface area contributed by atoms with Gasteiger partial charge in [0.2, 0.25) is 5.91 Å². The van der Waals surface area contributed by atoms with Crippen LogP contribution in [0.4, 0.5) is 14.6 Å². The lowest BCUT2D eigenvalue weighted by molar-refractivity contribution is -0.130. The fourth-order valence-electron chi connectivity index (χ4n) is 6.37. The lowest BCUT2D eigenvalue weighted by Gasteiger charge is -2.33. The average Bonchev–Trinajstić information content (AvgIpc) is 3.70. The molecule has 1 amide bonds. The molecule has 5 aromatic rings. The SMILES string of the molecule is CC(=O)N1CCC(n2c(O[C@H]3C[C@@H](C(O)O)N(c4nc(C(F)F)nc5c4oc4ccccc45)C3)nc3ccccc32)CC1. The van der Waals surface area contributed by atoms with Crippen LogP contribution in [-0.4, -0.2) is 78.6 Å². The van der Waals surface area contributed by atoms with Crippen molar-refractivity contribution in [2.75, 3.05) is 24.5 Å². The molecule has 224 valence electrons. The predicted molar refractivity (Wildman–Crippen MR) is 153 cm³/mol. The number of hydrogen-bond donors (Lipinski definition) is 2. The minimum atomic E-state index is -2.95. The Labute approximate surface area is 244 Å². The molecule has 0 unspecified atom stereocenters. The standard InChI is InChI=1S/C30H30F2N6O5/c1-16(39)36-12-10-17(11-13-36)38-21-8-4-3-7-20(21)33-30(38)42-18-14-22(29(40)41)37(15-18)28-25-24(34-27(35-28)26(31)32)19-6-2-5-9-23(19)43-25/h2-9,17-18,22,26,29,40-41H,10-15H2,1H3/t18-,22-/m0/s1. The van der Waals surface area contributed by atoms with E-state index in [2.05, 4.69) is 14.5 Å². The summed E-state index contributed by atoms with van der Waals surface area (Å²) in [5, 5.41) is 21.3. The number of amides is 1. The maximum atomic E-state index is 13.9. The van der Waals surface area contributed by atoms with Crippen LogP contribution in [0.25, 0.3) is 33.1 Å². The Kier molecular flexibility index (Phi) is 6.85. The van der Waals surface area contributed by atoms with Gasteiger partial charge in [0.1, 0.15) is 17.2 Å². The van der Waals surface area contributed by atoms with Gasteiger partial charge < -0.3 is 29.2 Å². The molecule has 13 heteroatoms. The van der Waals surface area contributed by atoms with E-state index < -0.39 is 30.7 Å². The molecular formula is C30H30F2N6O5. The van der Waals surface area contributed by atoms with Crippen molar-refractivity contribution in [1.82, 2.24) is 24.4 Å². The maximum Gasteiger partial charge on any atom is 0.297 e. The zero-order chi connectivity index (χ0) is 29.8. The molecule has 0 spiro atoms. The van der Waals surface area contributed by atoms with E-state index in [9.17, 15) is 23.8 Å². The third-order valence-electron chi connectivity index (χ3n) is 8.45. The summed E-state index contributed by atoms with van der Waals surface area (Å²) in [6.45, 7) is 2.92. The zero-order valence-electron chi connectivity index (χ0n) is 23.3. The van der Waals surface area contributed by atoms with Crippen LogP contribution in [0.3, 0.4) is 0 Å². The molecule has 2 saturated heterocycles. The molecule has 0 saturated carbocycles. The van der Waals surface area contributed by atoms with Gasteiger partial charge >= 0.3 is 0 Å². The number of ether oxygens (including phenoxy) is 1. The number of aliphatic hydroxyl groups excluding tert-OH is 1. The average molecular weight is 593 g/mol. The van der Waals surface area contributed by atoms with Crippen LogP contribution in [-0.2, 0) is 4.79 Å². The third kappa shape index (κ3) is 4.82. The van der Waals surface area contributed by atoms with Gasteiger partial charge in [-0.3, -0.25) is 9.36 Å². The van der Waals surface area contributed by atoms with Gasteiger partial charge in [-0.25, -0.2) is 18.7 Å². The van der Waals surface area contributed by atoms with Gasteiger partial charge in [0, 0.05) is 37.9 Å². The largest absolute Gasteiger partial charge is 0.459 e. The first-order valence-corrected chi connectivity index (χ1v) is 14.3.